The number of pyridine rings is 1. The van der Waals surface area contributed by atoms with Crippen LogP contribution in [0.2, 0.25) is 0 Å². The highest BCUT2D eigenvalue weighted by molar-refractivity contribution is 9.10. The number of fused-ring (bicyclic) bond motifs is 1. The summed E-state index contributed by atoms with van der Waals surface area (Å²) in [6.07, 6.45) is 1.42. The van der Waals surface area contributed by atoms with E-state index in [1.165, 1.54) is 16.5 Å². The number of aliphatic hydroxyl groups is 1. The standard InChI is InChI=1S/C27H26BrFN6O3/c1-15(36)27-21-8-17(18-11-30-16(2)31-12-18)6-7-22(21)35(33-27)14-26(38)34-13-19(29)9-23(34)24(37)10-20-4-3-5-25(28)32-20/h3-8,11-12,19,23-24,37H,9-10,13-14H2,1-2H3/t19-,23+,24?/m1/s1. The van der Waals surface area contributed by atoms with E-state index < -0.39 is 18.3 Å². The van der Waals surface area contributed by atoms with Crippen molar-refractivity contribution in [2.75, 3.05) is 6.54 Å². The van der Waals surface area contributed by atoms with Crippen LogP contribution < -0.4 is 0 Å². The molecule has 3 atom stereocenters. The van der Waals surface area contributed by atoms with E-state index >= 15 is 0 Å². The maximum Gasteiger partial charge on any atom is 0.244 e. The van der Waals surface area contributed by atoms with E-state index in [2.05, 4.69) is 36.0 Å². The van der Waals surface area contributed by atoms with Crippen LogP contribution in [0.5, 0.6) is 0 Å². The fourth-order valence-corrected chi connectivity index (χ4v) is 5.26. The first kappa shape index (κ1) is 26.1. The smallest absolute Gasteiger partial charge is 0.244 e. The number of rotatable bonds is 7. The number of halogens is 2. The Hall–Kier alpha value is -3.57. The van der Waals surface area contributed by atoms with Crippen LogP contribution in [0.1, 0.15) is 35.4 Å². The van der Waals surface area contributed by atoms with Crippen molar-refractivity contribution in [2.45, 2.75) is 51.6 Å². The van der Waals surface area contributed by atoms with Gasteiger partial charge in [0.1, 0.15) is 28.8 Å². The molecule has 0 aliphatic carbocycles. The quantitative estimate of drug-likeness (QED) is 0.262. The molecule has 1 unspecified atom stereocenters. The van der Waals surface area contributed by atoms with Gasteiger partial charge in [0, 0.05) is 48.8 Å². The number of carbonyl (C=O) groups is 2. The zero-order chi connectivity index (χ0) is 27.0. The Morgan fingerprint density at radius 3 is 2.66 bits per heavy atom. The van der Waals surface area contributed by atoms with Crippen molar-refractivity contribution in [1.29, 1.82) is 0 Å². The molecule has 4 heterocycles. The van der Waals surface area contributed by atoms with Gasteiger partial charge in [0.25, 0.3) is 0 Å². The summed E-state index contributed by atoms with van der Waals surface area (Å²) in [6.45, 7) is 2.92. The Morgan fingerprint density at radius 2 is 1.95 bits per heavy atom. The third kappa shape index (κ3) is 5.34. The summed E-state index contributed by atoms with van der Waals surface area (Å²) in [4.78, 5) is 40.0. The number of amides is 1. The Kier molecular flexibility index (Phi) is 7.31. The van der Waals surface area contributed by atoms with Crippen LogP contribution in [0.25, 0.3) is 22.0 Å². The summed E-state index contributed by atoms with van der Waals surface area (Å²) in [5.74, 6) is 0.0320. The molecule has 4 aromatic rings. The average molecular weight is 581 g/mol. The van der Waals surface area contributed by atoms with Crippen molar-refractivity contribution in [3.63, 3.8) is 0 Å². The van der Waals surface area contributed by atoms with Crippen LogP contribution in [0.3, 0.4) is 0 Å². The molecule has 0 bridgehead atoms. The van der Waals surface area contributed by atoms with E-state index in [0.29, 0.717) is 27.0 Å². The number of aromatic nitrogens is 5. The summed E-state index contributed by atoms with van der Waals surface area (Å²) in [6, 6.07) is 10.2. The Balaban J connectivity index is 1.40. The van der Waals surface area contributed by atoms with Crippen LogP contribution >= 0.6 is 15.9 Å². The van der Waals surface area contributed by atoms with Gasteiger partial charge in [-0.25, -0.2) is 19.3 Å². The minimum atomic E-state index is -1.24. The van der Waals surface area contributed by atoms with Crippen molar-refractivity contribution in [2.24, 2.45) is 0 Å². The number of alkyl halides is 1. The second kappa shape index (κ2) is 10.7. The fourth-order valence-electron chi connectivity index (χ4n) is 4.88. The van der Waals surface area contributed by atoms with Gasteiger partial charge >= 0.3 is 0 Å². The number of aryl methyl sites for hydroxylation is 1. The molecule has 1 fully saturated rings. The highest BCUT2D eigenvalue weighted by Crippen LogP contribution is 2.28. The summed E-state index contributed by atoms with van der Waals surface area (Å²) in [5.41, 5.74) is 3.09. The molecule has 38 heavy (non-hydrogen) atoms. The molecule has 0 spiro atoms. The van der Waals surface area contributed by atoms with Crippen LogP contribution in [0.15, 0.2) is 53.4 Å². The third-order valence-electron chi connectivity index (χ3n) is 6.73. The lowest BCUT2D eigenvalue weighted by Crippen LogP contribution is -2.45. The normalized spacial score (nSPS) is 18.2. The number of hydrogen-bond acceptors (Lipinski definition) is 7. The van der Waals surface area contributed by atoms with Crippen LogP contribution in [0.4, 0.5) is 4.39 Å². The van der Waals surface area contributed by atoms with E-state index in [4.69, 9.17) is 0 Å². The van der Waals surface area contributed by atoms with E-state index in [9.17, 15) is 19.1 Å². The lowest BCUT2D eigenvalue weighted by atomic mass is 10.0. The molecule has 1 aliphatic heterocycles. The van der Waals surface area contributed by atoms with Crippen LogP contribution in [-0.2, 0) is 17.8 Å². The van der Waals surface area contributed by atoms with Crippen molar-refractivity contribution in [3.05, 3.63) is 70.6 Å². The van der Waals surface area contributed by atoms with E-state index in [1.807, 2.05) is 12.1 Å². The largest absolute Gasteiger partial charge is 0.391 e. The summed E-state index contributed by atoms with van der Waals surface area (Å²) in [5, 5.41) is 15.9. The molecule has 0 saturated carbocycles. The van der Waals surface area contributed by atoms with Gasteiger partial charge in [-0.2, -0.15) is 5.10 Å². The number of benzene rings is 1. The predicted molar refractivity (Wildman–Crippen MR) is 142 cm³/mol. The van der Waals surface area contributed by atoms with Gasteiger partial charge in [0.05, 0.1) is 24.2 Å². The molecule has 0 radical (unpaired) electrons. The number of Topliss-reactive ketones (excluding diaryl/α,β-unsaturated/α-hetero) is 1. The van der Waals surface area contributed by atoms with Gasteiger partial charge in [-0.1, -0.05) is 12.1 Å². The van der Waals surface area contributed by atoms with Gasteiger partial charge in [-0.3, -0.25) is 14.3 Å². The Morgan fingerprint density at radius 1 is 1.18 bits per heavy atom. The molecule has 3 aromatic heterocycles. The second-order valence-corrected chi connectivity index (χ2v) is 10.3. The van der Waals surface area contributed by atoms with E-state index in [-0.39, 0.29) is 43.3 Å². The SMILES string of the molecule is CC(=O)c1nn(CC(=O)N2C[C@H](F)C[C@H]2C(O)Cc2cccc(Br)n2)c2ccc(-c3cnc(C)nc3)cc12. The second-order valence-electron chi connectivity index (χ2n) is 9.48. The van der Waals surface area contributed by atoms with Gasteiger partial charge in [0.2, 0.25) is 5.91 Å². The summed E-state index contributed by atoms with van der Waals surface area (Å²) < 4.78 is 16.6. The molecular weight excluding hydrogens is 555 g/mol. The number of ketones is 1. The topological polar surface area (TPSA) is 114 Å². The van der Waals surface area contributed by atoms with E-state index in [0.717, 1.165) is 11.1 Å². The van der Waals surface area contributed by atoms with Crippen molar-refractivity contribution in [1.82, 2.24) is 29.6 Å². The fraction of sp³-hybridized carbons (Fsp3) is 0.333. The number of aliphatic hydroxyl groups excluding tert-OH is 1. The van der Waals surface area contributed by atoms with Crippen molar-refractivity contribution < 1.29 is 19.1 Å². The van der Waals surface area contributed by atoms with E-state index in [1.54, 1.807) is 43.6 Å². The first-order valence-electron chi connectivity index (χ1n) is 12.2. The molecular formula is C27H26BrFN6O3. The van der Waals surface area contributed by atoms with Crippen molar-refractivity contribution >= 4 is 38.5 Å². The molecule has 1 aliphatic rings. The molecule has 1 amide bonds. The number of hydrogen-bond donors (Lipinski definition) is 1. The lowest BCUT2D eigenvalue weighted by Gasteiger charge is -2.28. The molecule has 196 valence electrons. The molecule has 1 N–H and O–H groups in total. The molecule has 11 heteroatoms. The van der Waals surface area contributed by atoms with Gasteiger partial charge in [0.15, 0.2) is 5.78 Å². The van der Waals surface area contributed by atoms with Gasteiger partial charge in [-0.05, 0) is 52.7 Å². The zero-order valence-corrected chi connectivity index (χ0v) is 22.5. The first-order valence-corrected chi connectivity index (χ1v) is 13.0. The summed E-state index contributed by atoms with van der Waals surface area (Å²) in [7, 11) is 0. The molecule has 1 saturated heterocycles. The Labute approximate surface area is 226 Å². The average Bonchev–Trinajstić information content (AvgIpc) is 3.45. The highest BCUT2D eigenvalue weighted by atomic mass is 79.9. The van der Waals surface area contributed by atoms with Gasteiger partial charge in [-0.15, -0.1) is 0 Å². The van der Waals surface area contributed by atoms with Crippen LogP contribution in [0, 0.1) is 6.92 Å². The van der Waals surface area contributed by atoms with Gasteiger partial charge < -0.3 is 10.0 Å². The highest BCUT2D eigenvalue weighted by Gasteiger charge is 2.39. The Bertz CT molecular complexity index is 1510. The monoisotopic (exact) mass is 580 g/mol. The number of nitrogens with zero attached hydrogens (tertiary/aromatic N) is 6. The lowest BCUT2D eigenvalue weighted by molar-refractivity contribution is -0.135. The molecule has 5 rings (SSSR count). The first-order chi connectivity index (χ1) is 18.2. The third-order valence-corrected chi connectivity index (χ3v) is 7.17. The predicted octanol–water partition coefficient (Wildman–Crippen LogP) is 3.70. The maximum atomic E-state index is 14.5. The minimum Gasteiger partial charge on any atom is -0.391 e. The molecule has 9 nitrogen and oxygen atoms in total. The number of likely N-dealkylation sites (tertiary alicyclic amines) is 1. The zero-order valence-electron chi connectivity index (χ0n) is 20.9. The number of carbonyl (C=O) groups excluding carboxylic acids is 2. The summed E-state index contributed by atoms with van der Waals surface area (Å²) >= 11 is 3.31. The van der Waals surface area contributed by atoms with Crippen LogP contribution in [-0.4, -0.2) is 71.3 Å². The molecule has 1 aromatic carbocycles. The minimum absolute atomic E-state index is 0.0431. The maximum absolute atomic E-state index is 14.5. The van der Waals surface area contributed by atoms with Crippen molar-refractivity contribution in [3.8, 4) is 11.1 Å².